The molecule has 1 aromatic rings. The Kier molecular flexibility index (Phi) is 2.50. The van der Waals surface area contributed by atoms with Crippen molar-refractivity contribution in [2.45, 2.75) is 6.92 Å². The van der Waals surface area contributed by atoms with Crippen molar-refractivity contribution in [2.75, 3.05) is 0 Å². The van der Waals surface area contributed by atoms with Crippen LogP contribution < -0.4 is 0 Å². The molecule has 1 aromatic carbocycles. The van der Waals surface area contributed by atoms with Gasteiger partial charge in [-0.15, -0.1) is 0 Å². The second-order valence-corrected chi connectivity index (χ2v) is 3.29. The van der Waals surface area contributed by atoms with Gasteiger partial charge in [0.15, 0.2) is 0 Å². The summed E-state index contributed by atoms with van der Waals surface area (Å²) in [7, 11) is 0. The normalized spacial score (nSPS) is 10.3. The summed E-state index contributed by atoms with van der Waals surface area (Å²) in [6, 6.07) is 1.07. The van der Waals surface area contributed by atoms with Crippen LogP contribution in [0, 0.1) is 18.6 Å². The number of halogens is 4. The maximum absolute atomic E-state index is 12.9. The first-order chi connectivity index (χ1) is 5.04. The van der Waals surface area contributed by atoms with Gasteiger partial charge in [0.25, 0.3) is 0 Å². The highest BCUT2D eigenvalue weighted by molar-refractivity contribution is 9.10. The van der Waals surface area contributed by atoms with Crippen molar-refractivity contribution in [3.05, 3.63) is 32.8 Å². The molecule has 0 spiro atoms. The second kappa shape index (κ2) is 3.07. The second-order valence-electron chi connectivity index (χ2n) is 2.09. The molecule has 0 saturated heterocycles. The van der Waals surface area contributed by atoms with Crippen LogP contribution in [0.2, 0.25) is 5.02 Å². The molecule has 0 aliphatic heterocycles. The van der Waals surface area contributed by atoms with Crippen molar-refractivity contribution in [3.63, 3.8) is 0 Å². The largest absolute Gasteiger partial charge is 0.207 e. The zero-order valence-electron chi connectivity index (χ0n) is 5.59. The highest BCUT2D eigenvalue weighted by atomic mass is 79.9. The van der Waals surface area contributed by atoms with Crippen LogP contribution in [0.15, 0.2) is 10.5 Å². The number of rotatable bonds is 0. The van der Waals surface area contributed by atoms with Crippen molar-refractivity contribution in [1.82, 2.24) is 0 Å². The molecule has 0 fully saturated rings. The van der Waals surface area contributed by atoms with Crippen molar-refractivity contribution in [1.29, 1.82) is 0 Å². The monoisotopic (exact) mass is 240 g/mol. The van der Waals surface area contributed by atoms with Gasteiger partial charge in [-0.1, -0.05) is 11.6 Å². The molecule has 0 unspecified atom stereocenters. The lowest BCUT2D eigenvalue weighted by atomic mass is 10.2. The number of benzene rings is 1. The van der Waals surface area contributed by atoms with Crippen molar-refractivity contribution < 1.29 is 8.78 Å². The fourth-order valence-electron chi connectivity index (χ4n) is 0.657. The van der Waals surface area contributed by atoms with Crippen molar-refractivity contribution in [2.24, 2.45) is 0 Å². The number of hydrogen-bond acceptors (Lipinski definition) is 0. The molecular weight excluding hydrogens is 237 g/mol. The van der Waals surface area contributed by atoms with Crippen LogP contribution in [0.25, 0.3) is 0 Å². The van der Waals surface area contributed by atoms with E-state index in [2.05, 4.69) is 15.9 Å². The van der Waals surface area contributed by atoms with E-state index >= 15 is 0 Å². The van der Waals surface area contributed by atoms with Gasteiger partial charge < -0.3 is 0 Å². The van der Waals surface area contributed by atoms with Gasteiger partial charge in [-0.2, -0.15) is 0 Å². The molecule has 0 heterocycles. The minimum Gasteiger partial charge on any atom is -0.207 e. The van der Waals surface area contributed by atoms with Crippen LogP contribution in [-0.2, 0) is 0 Å². The van der Waals surface area contributed by atoms with Crippen molar-refractivity contribution in [3.8, 4) is 0 Å². The van der Waals surface area contributed by atoms with Gasteiger partial charge in [0.05, 0.1) is 9.50 Å². The molecule has 0 aliphatic carbocycles. The molecule has 11 heavy (non-hydrogen) atoms. The molecule has 0 aromatic heterocycles. The molecule has 0 aliphatic rings. The summed E-state index contributed by atoms with van der Waals surface area (Å²) < 4.78 is 25.7. The van der Waals surface area contributed by atoms with E-state index in [-0.39, 0.29) is 15.1 Å². The van der Waals surface area contributed by atoms with E-state index < -0.39 is 11.6 Å². The van der Waals surface area contributed by atoms with E-state index in [0.29, 0.717) is 0 Å². The molecule has 60 valence electrons. The van der Waals surface area contributed by atoms with E-state index in [1.165, 1.54) is 6.92 Å². The summed E-state index contributed by atoms with van der Waals surface area (Å²) in [5.41, 5.74) is -0.0266. The van der Waals surface area contributed by atoms with Crippen LogP contribution in [0.5, 0.6) is 0 Å². The van der Waals surface area contributed by atoms with Gasteiger partial charge in [-0.05, 0) is 28.9 Å². The Balaban J connectivity index is 3.46. The first-order valence-corrected chi connectivity index (χ1v) is 4.00. The smallest absolute Gasteiger partial charge is 0.144 e. The topological polar surface area (TPSA) is 0 Å². The van der Waals surface area contributed by atoms with Gasteiger partial charge in [0.1, 0.15) is 11.6 Å². The predicted molar refractivity (Wildman–Crippen MR) is 43.8 cm³/mol. The third-order valence-corrected chi connectivity index (χ3v) is 2.64. The molecule has 0 bridgehead atoms. The van der Waals surface area contributed by atoms with E-state index in [4.69, 9.17) is 11.6 Å². The van der Waals surface area contributed by atoms with Crippen LogP contribution in [0.4, 0.5) is 8.78 Å². The standard InChI is InChI=1S/C7H4BrClF2/c1-3-5(10)2-4(9)6(8)7(3)11/h2H,1H3. The van der Waals surface area contributed by atoms with Crippen LogP contribution in [-0.4, -0.2) is 0 Å². The van der Waals surface area contributed by atoms with Gasteiger partial charge in [0.2, 0.25) is 0 Å². The molecule has 0 nitrogen and oxygen atoms in total. The fourth-order valence-corrected chi connectivity index (χ4v) is 1.25. The van der Waals surface area contributed by atoms with E-state index in [1.807, 2.05) is 0 Å². The summed E-state index contributed by atoms with van der Waals surface area (Å²) >= 11 is 8.35. The summed E-state index contributed by atoms with van der Waals surface area (Å²) in [5.74, 6) is -1.27. The molecule has 1 rings (SSSR count). The zero-order valence-corrected chi connectivity index (χ0v) is 7.93. The average molecular weight is 241 g/mol. The zero-order chi connectivity index (χ0) is 8.59. The van der Waals surface area contributed by atoms with Gasteiger partial charge in [-0.3, -0.25) is 0 Å². The summed E-state index contributed by atoms with van der Waals surface area (Å²) in [4.78, 5) is 0. The Morgan fingerprint density at radius 2 is 2.00 bits per heavy atom. The minimum atomic E-state index is -0.644. The lowest BCUT2D eigenvalue weighted by Crippen LogP contribution is -1.90. The van der Waals surface area contributed by atoms with Crippen LogP contribution in [0.3, 0.4) is 0 Å². The Bertz CT molecular complexity index is 273. The maximum atomic E-state index is 12.9. The minimum absolute atomic E-state index is 0.0266. The molecule has 4 heteroatoms. The van der Waals surface area contributed by atoms with E-state index in [9.17, 15) is 8.78 Å². The lowest BCUT2D eigenvalue weighted by molar-refractivity contribution is 0.564. The molecular formula is C7H4BrClF2. The molecule has 0 saturated carbocycles. The van der Waals surface area contributed by atoms with E-state index in [0.717, 1.165) is 6.07 Å². The van der Waals surface area contributed by atoms with Gasteiger partial charge in [0, 0.05) is 5.56 Å². The lowest BCUT2D eigenvalue weighted by Gasteiger charge is -2.02. The number of hydrogen-bond donors (Lipinski definition) is 0. The quantitative estimate of drug-likeness (QED) is 0.480. The molecule has 0 radical (unpaired) electrons. The third-order valence-electron chi connectivity index (χ3n) is 1.34. The molecule has 0 atom stereocenters. The highest BCUT2D eigenvalue weighted by Gasteiger charge is 2.11. The van der Waals surface area contributed by atoms with E-state index in [1.54, 1.807) is 0 Å². The van der Waals surface area contributed by atoms with Crippen molar-refractivity contribution >= 4 is 27.5 Å². The highest BCUT2D eigenvalue weighted by Crippen LogP contribution is 2.28. The Morgan fingerprint density at radius 3 is 2.55 bits per heavy atom. The Morgan fingerprint density at radius 1 is 1.45 bits per heavy atom. The Hall–Kier alpha value is -0.150. The first kappa shape index (κ1) is 8.94. The van der Waals surface area contributed by atoms with Crippen LogP contribution in [0.1, 0.15) is 5.56 Å². The molecule has 0 amide bonds. The SMILES string of the molecule is Cc1c(F)cc(Cl)c(Br)c1F. The summed E-state index contributed by atoms with van der Waals surface area (Å²) in [5, 5.41) is 0.0469. The summed E-state index contributed by atoms with van der Waals surface area (Å²) in [6.45, 7) is 1.35. The Labute approximate surface area is 76.3 Å². The fraction of sp³-hybridized carbons (Fsp3) is 0.143. The maximum Gasteiger partial charge on any atom is 0.144 e. The summed E-state index contributed by atoms with van der Waals surface area (Å²) in [6.07, 6.45) is 0. The van der Waals surface area contributed by atoms with Gasteiger partial charge >= 0.3 is 0 Å². The third kappa shape index (κ3) is 1.54. The van der Waals surface area contributed by atoms with Crippen LogP contribution >= 0.6 is 27.5 Å². The first-order valence-electron chi connectivity index (χ1n) is 2.83. The average Bonchev–Trinajstić information content (AvgIpc) is 1.97. The molecule has 0 N–H and O–H groups in total. The van der Waals surface area contributed by atoms with Gasteiger partial charge in [-0.25, -0.2) is 8.78 Å². The predicted octanol–water partition coefficient (Wildman–Crippen LogP) is 3.69.